The molecule has 0 bridgehead atoms. The van der Waals surface area contributed by atoms with Crippen molar-refractivity contribution in [1.29, 1.82) is 0 Å². The second-order valence-corrected chi connectivity index (χ2v) is 4.55. The Labute approximate surface area is 114 Å². The van der Waals surface area contributed by atoms with E-state index in [9.17, 15) is 0 Å². The Bertz CT molecular complexity index is 360. The third-order valence-electron chi connectivity index (χ3n) is 2.66. The average Bonchev–Trinajstić information content (AvgIpc) is 2.35. The van der Waals surface area contributed by atoms with Crippen LogP contribution >= 0.6 is 11.6 Å². The van der Waals surface area contributed by atoms with Crippen molar-refractivity contribution in [1.82, 2.24) is 9.97 Å². The van der Waals surface area contributed by atoms with Crippen LogP contribution in [-0.2, 0) is 11.3 Å². The van der Waals surface area contributed by atoms with Gasteiger partial charge in [-0.3, -0.25) is 0 Å². The molecule has 0 aliphatic carbocycles. The highest BCUT2D eigenvalue weighted by atomic mass is 35.5. The summed E-state index contributed by atoms with van der Waals surface area (Å²) >= 11 is 5.99. The van der Waals surface area contributed by atoms with Crippen LogP contribution in [0.1, 0.15) is 45.9 Å². The van der Waals surface area contributed by atoms with Gasteiger partial charge in [-0.1, -0.05) is 31.9 Å². The van der Waals surface area contributed by atoms with E-state index in [1.807, 2.05) is 6.92 Å². The van der Waals surface area contributed by atoms with E-state index in [-0.39, 0.29) is 0 Å². The van der Waals surface area contributed by atoms with Crippen LogP contribution in [0, 0.1) is 0 Å². The lowest BCUT2D eigenvalue weighted by Gasteiger charge is -2.17. The van der Waals surface area contributed by atoms with Crippen LogP contribution in [0.3, 0.4) is 0 Å². The van der Waals surface area contributed by atoms with Gasteiger partial charge in [-0.15, -0.1) is 0 Å². The van der Waals surface area contributed by atoms with Crippen molar-refractivity contribution >= 4 is 17.4 Å². The number of anilines is 1. The van der Waals surface area contributed by atoms with Gasteiger partial charge in [-0.05, 0) is 19.8 Å². The fraction of sp³-hybridized carbons (Fsp3) is 0.692. The van der Waals surface area contributed by atoms with E-state index >= 15 is 0 Å². The van der Waals surface area contributed by atoms with E-state index in [1.165, 1.54) is 0 Å². The van der Waals surface area contributed by atoms with Gasteiger partial charge in [0.15, 0.2) is 5.82 Å². The van der Waals surface area contributed by atoms with Crippen molar-refractivity contribution in [2.75, 3.05) is 11.9 Å². The van der Waals surface area contributed by atoms with E-state index in [1.54, 1.807) is 6.07 Å². The number of aromatic nitrogens is 2. The number of nitrogens with zero attached hydrogens (tertiary/aromatic N) is 2. The summed E-state index contributed by atoms with van der Waals surface area (Å²) in [5, 5.41) is 3.85. The van der Waals surface area contributed by atoms with E-state index < -0.39 is 0 Å². The molecule has 1 heterocycles. The molecule has 1 N–H and O–H groups in total. The summed E-state index contributed by atoms with van der Waals surface area (Å²) in [6.45, 7) is 7.33. The summed E-state index contributed by atoms with van der Waals surface area (Å²) in [6.07, 6.45) is 3.34. The molecular formula is C13H22ClN3O. The highest BCUT2D eigenvalue weighted by molar-refractivity contribution is 6.29. The van der Waals surface area contributed by atoms with Crippen molar-refractivity contribution in [3.8, 4) is 0 Å². The molecule has 0 radical (unpaired) electrons. The number of hydrogen-bond donors (Lipinski definition) is 1. The number of rotatable bonds is 8. The van der Waals surface area contributed by atoms with Crippen LogP contribution < -0.4 is 5.32 Å². The topological polar surface area (TPSA) is 47.0 Å². The normalized spacial score (nSPS) is 12.4. The fourth-order valence-corrected chi connectivity index (χ4v) is 1.93. The monoisotopic (exact) mass is 271 g/mol. The predicted molar refractivity (Wildman–Crippen MR) is 75.0 cm³/mol. The van der Waals surface area contributed by atoms with E-state index in [0.717, 1.165) is 25.1 Å². The lowest BCUT2D eigenvalue weighted by Crippen LogP contribution is -2.19. The number of ether oxygens (including phenoxy) is 1. The molecule has 0 aliphatic rings. The first kappa shape index (κ1) is 15.2. The Morgan fingerprint density at radius 1 is 1.33 bits per heavy atom. The minimum absolute atomic E-state index is 0.399. The Kier molecular flexibility index (Phi) is 6.98. The Morgan fingerprint density at radius 2 is 2.11 bits per heavy atom. The molecule has 0 saturated carbocycles. The molecule has 1 atom stereocenters. The minimum Gasteiger partial charge on any atom is -0.374 e. The van der Waals surface area contributed by atoms with Crippen LogP contribution in [0.4, 0.5) is 5.82 Å². The molecular weight excluding hydrogens is 250 g/mol. The van der Waals surface area contributed by atoms with Gasteiger partial charge >= 0.3 is 0 Å². The van der Waals surface area contributed by atoms with Crippen molar-refractivity contribution in [2.24, 2.45) is 0 Å². The number of halogens is 1. The zero-order valence-corrected chi connectivity index (χ0v) is 12.1. The van der Waals surface area contributed by atoms with Crippen molar-refractivity contribution < 1.29 is 4.74 Å². The SMILES string of the molecule is CCCC(CC)Nc1cc(Cl)nc(COCC)n1. The third kappa shape index (κ3) is 5.19. The maximum atomic E-state index is 5.99. The third-order valence-corrected chi connectivity index (χ3v) is 2.85. The number of nitrogens with one attached hydrogen (secondary N) is 1. The van der Waals surface area contributed by atoms with Crippen molar-refractivity contribution in [2.45, 2.75) is 52.7 Å². The first-order chi connectivity index (χ1) is 8.69. The Hall–Kier alpha value is -0.870. The molecule has 0 aliphatic heterocycles. The smallest absolute Gasteiger partial charge is 0.158 e. The van der Waals surface area contributed by atoms with Crippen LogP contribution in [0.25, 0.3) is 0 Å². The van der Waals surface area contributed by atoms with Gasteiger partial charge in [0.25, 0.3) is 0 Å². The summed E-state index contributed by atoms with van der Waals surface area (Å²) in [4.78, 5) is 8.55. The first-order valence-corrected chi connectivity index (χ1v) is 6.95. The number of hydrogen-bond acceptors (Lipinski definition) is 4. The second-order valence-electron chi connectivity index (χ2n) is 4.17. The molecule has 18 heavy (non-hydrogen) atoms. The van der Waals surface area contributed by atoms with Gasteiger partial charge in [0.05, 0.1) is 0 Å². The highest BCUT2D eigenvalue weighted by Crippen LogP contribution is 2.15. The maximum Gasteiger partial charge on any atom is 0.158 e. The molecule has 1 rings (SSSR count). The Morgan fingerprint density at radius 3 is 2.72 bits per heavy atom. The molecule has 1 unspecified atom stereocenters. The average molecular weight is 272 g/mol. The van der Waals surface area contributed by atoms with Crippen molar-refractivity contribution in [3.63, 3.8) is 0 Å². The van der Waals surface area contributed by atoms with E-state index in [4.69, 9.17) is 16.3 Å². The molecule has 0 amide bonds. The lowest BCUT2D eigenvalue weighted by atomic mass is 10.1. The lowest BCUT2D eigenvalue weighted by molar-refractivity contribution is 0.128. The molecule has 0 fully saturated rings. The van der Waals surface area contributed by atoms with Gasteiger partial charge in [-0.2, -0.15) is 0 Å². The molecule has 0 spiro atoms. The van der Waals surface area contributed by atoms with E-state index in [2.05, 4.69) is 29.1 Å². The van der Waals surface area contributed by atoms with Gasteiger partial charge in [-0.25, -0.2) is 9.97 Å². The molecule has 1 aromatic rings. The van der Waals surface area contributed by atoms with Crippen LogP contribution in [0.15, 0.2) is 6.07 Å². The van der Waals surface area contributed by atoms with Gasteiger partial charge < -0.3 is 10.1 Å². The van der Waals surface area contributed by atoms with E-state index in [0.29, 0.717) is 30.2 Å². The summed E-state index contributed by atoms with van der Waals surface area (Å²) in [5.74, 6) is 1.41. The molecule has 0 aromatic carbocycles. The first-order valence-electron chi connectivity index (χ1n) is 6.57. The second kappa shape index (κ2) is 8.27. The summed E-state index contributed by atoms with van der Waals surface area (Å²) < 4.78 is 5.30. The minimum atomic E-state index is 0.399. The van der Waals surface area contributed by atoms with Crippen LogP contribution in [0.5, 0.6) is 0 Å². The standard InChI is InChI=1S/C13H22ClN3O/c1-4-7-10(5-2)15-12-8-11(14)16-13(17-12)9-18-6-3/h8,10H,4-7,9H2,1-3H3,(H,15,16,17). The summed E-state index contributed by atoms with van der Waals surface area (Å²) in [7, 11) is 0. The zero-order chi connectivity index (χ0) is 13.4. The van der Waals surface area contributed by atoms with Crippen molar-refractivity contribution in [3.05, 3.63) is 17.0 Å². The Balaban J connectivity index is 2.71. The van der Waals surface area contributed by atoms with Crippen LogP contribution in [0.2, 0.25) is 5.15 Å². The largest absolute Gasteiger partial charge is 0.374 e. The van der Waals surface area contributed by atoms with Crippen LogP contribution in [-0.4, -0.2) is 22.6 Å². The summed E-state index contributed by atoms with van der Waals surface area (Å²) in [6, 6.07) is 2.19. The fourth-order valence-electron chi connectivity index (χ4n) is 1.73. The molecule has 5 heteroatoms. The zero-order valence-electron chi connectivity index (χ0n) is 11.4. The van der Waals surface area contributed by atoms with Gasteiger partial charge in [0, 0.05) is 18.7 Å². The summed E-state index contributed by atoms with van der Waals surface area (Å²) in [5.41, 5.74) is 0. The molecule has 1 aromatic heterocycles. The predicted octanol–water partition coefficient (Wildman–Crippen LogP) is 3.66. The molecule has 4 nitrogen and oxygen atoms in total. The molecule has 0 saturated heterocycles. The maximum absolute atomic E-state index is 5.99. The van der Waals surface area contributed by atoms with Gasteiger partial charge in [0.1, 0.15) is 17.6 Å². The quantitative estimate of drug-likeness (QED) is 0.733. The highest BCUT2D eigenvalue weighted by Gasteiger charge is 2.08. The molecule has 102 valence electrons. The van der Waals surface area contributed by atoms with Gasteiger partial charge in [0.2, 0.25) is 0 Å².